The number of aliphatic hydroxyl groups excluding tert-OH is 1. The summed E-state index contributed by atoms with van der Waals surface area (Å²) in [6.07, 6.45) is -1.39. The summed E-state index contributed by atoms with van der Waals surface area (Å²) in [5.41, 5.74) is -0.104. The Morgan fingerprint density at radius 2 is 0.833 bits per heavy atom. The van der Waals surface area contributed by atoms with Crippen molar-refractivity contribution in [2.45, 2.75) is 111 Å². The number of aliphatic hydroxyl groups is 1. The molecule has 42 heavy (non-hydrogen) atoms. The Labute approximate surface area is 288 Å². The molecule has 0 aliphatic heterocycles. The van der Waals surface area contributed by atoms with Gasteiger partial charge in [-0.3, -0.25) is 0 Å². The number of thiol groups is 6. The smallest absolute Gasteiger partial charge is 0.164 e. The average molecular weight is 715 g/mol. The molecule has 0 bridgehead atoms. The van der Waals surface area contributed by atoms with Gasteiger partial charge in [0.25, 0.3) is 0 Å². The van der Waals surface area contributed by atoms with E-state index in [1.807, 2.05) is 0 Å². The van der Waals surface area contributed by atoms with Crippen LogP contribution in [-0.4, -0.2) is 97.2 Å². The Morgan fingerprint density at radius 1 is 0.476 bits per heavy atom. The van der Waals surface area contributed by atoms with Gasteiger partial charge in [0, 0.05) is 43.9 Å². The third-order valence-electron chi connectivity index (χ3n) is 5.41. The molecule has 0 rings (SSSR count). The van der Waals surface area contributed by atoms with Crippen molar-refractivity contribution in [3.63, 3.8) is 0 Å². The van der Waals surface area contributed by atoms with E-state index in [0.717, 1.165) is 0 Å². The fraction of sp³-hybridized carbons (Fsp3) is 1.00. The SMILES string of the molecule is CC(C)(C)COCC(C)(C)COC(CCS)OC(CCS)OC(CCS)OC(CCS)OC(CCS)OC(O)CCS. The summed E-state index contributed by atoms with van der Waals surface area (Å²) >= 11 is 26.0. The highest BCUT2D eigenvalue weighted by atomic mass is 32.1. The molecule has 0 saturated heterocycles. The van der Waals surface area contributed by atoms with Crippen molar-refractivity contribution in [2.24, 2.45) is 10.8 Å². The highest BCUT2D eigenvalue weighted by Crippen LogP contribution is 2.23. The van der Waals surface area contributed by atoms with E-state index in [1.165, 1.54) is 0 Å². The van der Waals surface area contributed by atoms with Gasteiger partial charge in [-0.15, -0.1) is 0 Å². The highest BCUT2D eigenvalue weighted by molar-refractivity contribution is 7.81. The molecule has 0 aromatic carbocycles. The predicted octanol–water partition coefficient (Wildman–Crippen LogP) is 6.04. The van der Waals surface area contributed by atoms with Crippen LogP contribution in [0, 0.1) is 10.8 Å². The maximum Gasteiger partial charge on any atom is 0.164 e. The summed E-state index contributed by atoms with van der Waals surface area (Å²) in [4.78, 5) is 0. The van der Waals surface area contributed by atoms with Crippen LogP contribution in [0.2, 0.25) is 0 Å². The molecule has 0 radical (unpaired) electrons. The van der Waals surface area contributed by atoms with Gasteiger partial charge in [0.2, 0.25) is 0 Å². The van der Waals surface area contributed by atoms with Crippen LogP contribution in [0.4, 0.5) is 0 Å². The molecule has 254 valence electrons. The number of rotatable bonds is 28. The molecule has 6 atom stereocenters. The Morgan fingerprint density at radius 3 is 1.21 bits per heavy atom. The molecule has 0 aromatic rings. The summed E-state index contributed by atoms with van der Waals surface area (Å²) in [7, 11) is 0. The lowest BCUT2D eigenvalue weighted by Gasteiger charge is -2.33. The standard InChI is InChI=1S/C28H58O8S6/c1-27(2,3)18-30-19-28(4,5)20-31-22(7-13-38)33-24(9-15-40)35-26(11-17-42)36-25(10-16-41)34-23(8-14-39)32-21(29)6-12-37/h21-26,29,37-42H,6-20H2,1-5H3. The molecule has 0 amide bonds. The summed E-state index contributed by atoms with van der Waals surface area (Å²) < 4.78 is 42.7. The Bertz CT molecular complexity index is 632. The van der Waals surface area contributed by atoms with Crippen molar-refractivity contribution in [1.82, 2.24) is 0 Å². The summed E-state index contributed by atoms with van der Waals surface area (Å²) in [6, 6.07) is 0. The minimum Gasteiger partial charge on any atom is -0.380 e. The first-order valence-electron chi connectivity index (χ1n) is 14.6. The van der Waals surface area contributed by atoms with Gasteiger partial charge in [-0.25, -0.2) is 0 Å². The summed E-state index contributed by atoms with van der Waals surface area (Å²) in [5, 5.41) is 10.1. The first kappa shape index (κ1) is 43.8. The molecule has 0 aliphatic carbocycles. The quantitative estimate of drug-likeness (QED) is 0.0391. The van der Waals surface area contributed by atoms with Gasteiger partial charge in [0.1, 0.15) is 0 Å². The maximum absolute atomic E-state index is 10.1. The van der Waals surface area contributed by atoms with Crippen LogP contribution in [0.1, 0.15) is 73.1 Å². The van der Waals surface area contributed by atoms with Crippen LogP contribution in [0.5, 0.6) is 0 Å². The highest BCUT2D eigenvalue weighted by Gasteiger charge is 2.28. The van der Waals surface area contributed by atoms with E-state index in [-0.39, 0.29) is 10.8 Å². The molecule has 0 spiro atoms. The van der Waals surface area contributed by atoms with E-state index in [0.29, 0.717) is 92.9 Å². The molecule has 0 saturated carbocycles. The van der Waals surface area contributed by atoms with Crippen LogP contribution in [0.3, 0.4) is 0 Å². The van der Waals surface area contributed by atoms with Gasteiger partial charge >= 0.3 is 0 Å². The van der Waals surface area contributed by atoms with Crippen LogP contribution in [0.25, 0.3) is 0 Å². The topological polar surface area (TPSA) is 84.8 Å². The normalized spacial score (nSPS) is 17.1. The third kappa shape index (κ3) is 24.0. The fourth-order valence-electron chi connectivity index (χ4n) is 3.41. The summed E-state index contributed by atoms with van der Waals surface area (Å²) in [5.74, 6) is 3.13. The van der Waals surface area contributed by atoms with Gasteiger partial charge in [0.05, 0.1) is 19.8 Å². The average Bonchev–Trinajstić information content (AvgIpc) is 2.87. The van der Waals surface area contributed by atoms with Crippen LogP contribution >= 0.6 is 75.8 Å². The fourth-order valence-corrected chi connectivity index (χ4v) is 4.69. The van der Waals surface area contributed by atoms with E-state index in [2.05, 4.69) is 110 Å². The first-order chi connectivity index (χ1) is 19.8. The van der Waals surface area contributed by atoms with Crippen molar-refractivity contribution in [1.29, 1.82) is 0 Å². The van der Waals surface area contributed by atoms with Crippen molar-refractivity contribution in [3.05, 3.63) is 0 Å². The van der Waals surface area contributed by atoms with Crippen LogP contribution in [0.15, 0.2) is 0 Å². The molecule has 1 N–H and O–H groups in total. The number of hydrogen-bond donors (Lipinski definition) is 7. The van der Waals surface area contributed by atoms with Gasteiger partial charge in [0.15, 0.2) is 37.7 Å². The molecule has 0 fully saturated rings. The maximum atomic E-state index is 10.1. The lowest BCUT2D eigenvalue weighted by Crippen LogP contribution is -2.38. The second-order valence-corrected chi connectivity index (χ2v) is 14.6. The molecule has 0 aliphatic rings. The van der Waals surface area contributed by atoms with Crippen molar-refractivity contribution in [2.75, 3.05) is 54.3 Å². The van der Waals surface area contributed by atoms with E-state index in [1.54, 1.807) is 0 Å². The second kappa shape index (κ2) is 25.8. The van der Waals surface area contributed by atoms with E-state index >= 15 is 0 Å². The van der Waals surface area contributed by atoms with Crippen molar-refractivity contribution in [3.8, 4) is 0 Å². The van der Waals surface area contributed by atoms with Crippen LogP contribution < -0.4 is 0 Å². The molecule has 8 nitrogen and oxygen atoms in total. The second-order valence-electron chi connectivity index (χ2n) is 11.9. The molecular weight excluding hydrogens is 657 g/mol. The zero-order valence-corrected chi connectivity index (χ0v) is 31.4. The molecule has 0 heterocycles. The molecule has 14 heteroatoms. The van der Waals surface area contributed by atoms with E-state index < -0.39 is 37.7 Å². The van der Waals surface area contributed by atoms with Gasteiger partial charge in [-0.05, 0) is 39.9 Å². The van der Waals surface area contributed by atoms with Crippen molar-refractivity contribution >= 4 is 75.8 Å². The molecule has 0 aromatic heterocycles. The number of hydrogen-bond acceptors (Lipinski definition) is 14. The van der Waals surface area contributed by atoms with Gasteiger partial charge in [-0.1, -0.05) is 34.6 Å². The lowest BCUT2D eigenvalue weighted by molar-refractivity contribution is -0.346. The summed E-state index contributed by atoms with van der Waals surface area (Å²) in [6.45, 7) is 12.4. The largest absolute Gasteiger partial charge is 0.380 e. The van der Waals surface area contributed by atoms with Gasteiger partial charge < -0.3 is 38.3 Å². The van der Waals surface area contributed by atoms with E-state index in [9.17, 15) is 5.11 Å². The number of ether oxygens (including phenoxy) is 7. The van der Waals surface area contributed by atoms with Crippen LogP contribution in [-0.2, 0) is 33.2 Å². The first-order valence-corrected chi connectivity index (χ1v) is 18.4. The third-order valence-corrected chi connectivity index (χ3v) is 6.96. The van der Waals surface area contributed by atoms with Gasteiger partial charge in [-0.2, -0.15) is 75.8 Å². The minimum atomic E-state index is -1.000. The molecular formula is C28H58O8S6. The Hall–Kier alpha value is 1.78. The van der Waals surface area contributed by atoms with E-state index in [4.69, 9.17) is 33.2 Å². The molecule has 6 unspecified atom stereocenters. The predicted molar refractivity (Wildman–Crippen MR) is 191 cm³/mol. The minimum absolute atomic E-state index is 0.0998. The van der Waals surface area contributed by atoms with Crippen molar-refractivity contribution < 1.29 is 38.3 Å². The Kier molecular flexibility index (Phi) is 26.9. The zero-order chi connectivity index (χ0) is 32.0. The monoisotopic (exact) mass is 714 g/mol. The zero-order valence-electron chi connectivity index (χ0n) is 26.1. The Balaban J connectivity index is 5.38. The lowest BCUT2D eigenvalue weighted by atomic mass is 9.95.